The van der Waals surface area contributed by atoms with Crippen LogP contribution in [0, 0.1) is 12.8 Å². The van der Waals surface area contributed by atoms with Gasteiger partial charge in [-0.25, -0.2) is 4.98 Å². The van der Waals surface area contributed by atoms with Crippen LogP contribution in [0.15, 0.2) is 36.5 Å². The van der Waals surface area contributed by atoms with Gasteiger partial charge >= 0.3 is 0 Å². The second kappa shape index (κ2) is 9.06. The van der Waals surface area contributed by atoms with Crippen LogP contribution in [0.1, 0.15) is 42.4 Å². The van der Waals surface area contributed by atoms with Crippen molar-refractivity contribution < 1.29 is 4.79 Å². The summed E-state index contributed by atoms with van der Waals surface area (Å²) in [4.78, 5) is 22.5. The minimum absolute atomic E-state index is 0.190. The van der Waals surface area contributed by atoms with Gasteiger partial charge in [-0.05, 0) is 37.0 Å². The third-order valence-corrected chi connectivity index (χ3v) is 5.77. The van der Waals surface area contributed by atoms with E-state index in [1.54, 1.807) is 10.7 Å². The number of carbonyl (C=O) groups excluding carboxylic acids is 1. The Kier molecular flexibility index (Phi) is 6.23. The second-order valence-corrected chi connectivity index (χ2v) is 8.74. The molecule has 0 aliphatic carbocycles. The van der Waals surface area contributed by atoms with E-state index in [9.17, 15) is 4.79 Å². The second-order valence-electron chi connectivity index (χ2n) is 8.74. The Labute approximate surface area is 184 Å². The molecule has 1 fully saturated rings. The quantitative estimate of drug-likeness (QED) is 0.660. The fourth-order valence-corrected chi connectivity index (χ4v) is 4.15. The summed E-state index contributed by atoms with van der Waals surface area (Å²) in [5.41, 5.74) is 3.99. The van der Waals surface area contributed by atoms with Crippen LogP contribution in [-0.2, 0) is 6.42 Å². The Bertz CT molecular complexity index is 1050. The number of piperazine rings is 1. The summed E-state index contributed by atoms with van der Waals surface area (Å²) in [5, 5.41) is 7.51. The zero-order chi connectivity index (χ0) is 22.0. The van der Waals surface area contributed by atoms with Gasteiger partial charge in [-0.15, -0.1) is 0 Å². The SMILES string of the molecule is CCc1ccc(NC(=O)c2cnn3c(N4CCN(CC(C)C)CC4)cc(C)nc23)cc1. The molecular weight excluding hydrogens is 388 g/mol. The topological polar surface area (TPSA) is 65.8 Å². The Morgan fingerprint density at radius 2 is 1.84 bits per heavy atom. The zero-order valence-corrected chi connectivity index (χ0v) is 18.9. The maximum atomic E-state index is 13.0. The molecule has 1 aliphatic heterocycles. The molecule has 0 spiro atoms. The van der Waals surface area contributed by atoms with Crippen molar-refractivity contribution in [2.24, 2.45) is 5.92 Å². The van der Waals surface area contributed by atoms with Crippen LogP contribution in [0.3, 0.4) is 0 Å². The molecule has 0 bridgehead atoms. The lowest BCUT2D eigenvalue weighted by molar-refractivity contribution is 0.102. The molecule has 0 saturated carbocycles. The first-order valence-electron chi connectivity index (χ1n) is 11.2. The maximum Gasteiger partial charge on any atom is 0.261 e. The molecule has 0 unspecified atom stereocenters. The molecule has 7 heteroatoms. The summed E-state index contributed by atoms with van der Waals surface area (Å²) in [7, 11) is 0. The molecule has 3 aromatic rings. The van der Waals surface area contributed by atoms with Gasteiger partial charge < -0.3 is 10.2 Å². The molecule has 1 saturated heterocycles. The summed E-state index contributed by atoms with van der Waals surface area (Å²) in [6, 6.07) is 9.99. The summed E-state index contributed by atoms with van der Waals surface area (Å²) in [6.07, 6.45) is 2.59. The minimum Gasteiger partial charge on any atom is -0.354 e. The van der Waals surface area contributed by atoms with E-state index in [-0.39, 0.29) is 5.91 Å². The minimum atomic E-state index is -0.190. The highest BCUT2D eigenvalue weighted by molar-refractivity contribution is 6.08. The lowest BCUT2D eigenvalue weighted by Gasteiger charge is -2.36. The molecule has 0 radical (unpaired) electrons. The van der Waals surface area contributed by atoms with Crippen LogP contribution in [-0.4, -0.2) is 58.1 Å². The van der Waals surface area contributed by atoms with E-state index in [0.717, 1.165) is 56.3 Å². The molecule has 31 heavy (non-hydrogen) atoms. The Morgan fingerprint density at radius 3 is 2.48 bits per heavy atom. The number of anilines is 2. The smallest absolute Gasteiger partial charge is 0.261 e. The molecule has 7 nitrogen and oxygen atoms in total. The normalized spacial score (nSPS) is 15.1. The number of carbonyl (C=O) groups is 1. The lowest BCUT2D eigenvalue weighted by Crippen LogP contribution is -2.48. The lowest BCUT2D eigenvalue weighted by atomic mass is 10.1. The average molecular weight is 421 g/mol. The van der Waals surface area contributed by atoms with Crippen molar-refractivity contribution in [3.05, 3.63) is 53.3 Å². The molecular formula is C24H32N6O. The number of nitrogens with one attached hydrogen (secondary N) is 1. The number of rotatable bonds is 6. The third-order valence-electron chi connectivity index (χ3n) is 5.77. The van der Waals surface area contributed by atoms with Crippen molar-refractivity contribution in [2.45, 2.75) is 34.1 Å². The third kappa shape index (κ3) is 4.71. The van der Waals surface area contributed by atoms with Gasteiger partial charge in [0.25, 0.3) is 5.91 Å². The highest BCUT2D eigenvalue weighted by Crippen LogP contribution is 2.22. The largest absolute Gasteiger partial charge is 0.354 e. The molecule has 3 heterocycles. The number of fused-ring (bicyclic) bond motifs is 1. The first-order chi connectivity index (χ1) is 14.9. The van der Waals surface area contributed by atoms with Crippen molar-refractivity contribution in [1.29, 1.82) is 0 Å². The average Bonchev–Trinajstić information content (AvgIpc) is 3.18. The van der Waals surface area contributed by atoms with E-state index in [1.807, 2.05) is 31.2 Å². The van der Waals surface area contributed by atoms with Crippen molar-refractivity contribution in [3.8, 4) is 0 Å². The number of hydrogen-bond donors (Lipinski definition) is 1. The van der Waals surface area contributed by atoms with E-state index in [0.29, 0.717) is 17.1 Å². The Morgan fingerprint density at radius 1 is 1.13 bits per heavy atom. The Hall–Kier alpha value is -2.93. The molecule has 1 amide bonds. The van der Waals surface area contributed by atoms with Crippen molar-refractivity contribution in [1.82, 2.24) is 19.5 Å². The van der Waals surface area contributed by atoms with Crippen LogP contribution >= 0.6 is 0 Å². The van der Waals surface area contributed by atoms with E-state index >= 15 is 0 Å². The standard InChI is InChI=1S/C24H32N6O/c1-5-19-6-8-20(9-7-19)27-24(31)21-15-25-30-22(14-18(4)26-23(21)30)29-12-10-28(11-13-29)16-17(2)3/h6-9,14-15,17H,5,10-13,16H2,1-4H3,(H,27,31). The summed E-state index contributed by atoms with van der Waals surface area (Å²) in [5.74, 6) is 1.48. The van der Waals surface area contributed by atoms with Gasteiger partial charge in [0, 0.05) is 50.2 Å². The zero-order valence-electron chi connectivity index (χ0n) is 18.9. The Balaban J connectivity index is 1.55. The van der Waals surface area contributed by atoms with Gasteiger partial charge in [-0.2, -0.15) is 9.61 Å². The van der Waals surface area contributed by atoms with Crippen LogP contribution in [0.4, 0.5) is 11.5 Å². The first-order valence-corrected chi connectivity index (χ1v) is 11.2. The van der Waals surface area contributed by atoms with E-state index < -0.39 is 0 Å². The van der Waals surface area contributed by atoms with Crippen LogP contribution in [0.2, 0.25) is 0 Å². The molecule has 164 valence electrons. The van der Waals surface area contributed by atoms with Gasteiger partial charge in [0.05, 0.1) is 6.20 Å². The van der Waals surface area contributed by atoms with Crippen LogP contribution in [0.25, 0.3) is 5.65 Å². The van der Waals surface area contributed by atoms with Crippen molar-refractivity contribution >= 4 is 23.1 Å². The van der Waals surface area contributed by atoms with Gasteiger partial charge in [-0.3, -0.25) is 9.69 Å². The highest BCUT2D eigenvalue weighted by atomic mass is 16.1. The number of benzene rings is 1. The van der Waals surface area contributed by atoms with Gasteiger partial charge in [-0.1, -0.05) is 32.9 Å². The van der Waals surface area contributed by atoms with Crippen LogP contribution < -0.4 is 10.2 Å². The molecule has 1 aliphatic rings. The number of hydrogen-bond acceptors (Lipinski definition) is 5. The molecule has 1 N–H and O–H groups in total. The summed E-state index contributed by atoms with van der Waals surface area (Å²) < 4.78 is 1.81. The maximum absolute atomic E-state index is 13.0. The van der Waals surface area contributed by atoms with Gasteiger partial charge in [0.2, 0.25) is 0 Å². The monoisotopic (exact) mass is 420 g/mol. The van der Waals surface area contributed by atoms with E-state index in [1.165, 1.54) is 5.56 Å². The van der Waals surface area contributed by atoms with E-state index in [2.05, 4.69) is 52.0 Å². The molecule has 2 aromatic heterocycles. The first kappa shape index (κ1) is 21.3. The predicted octanol–water partition coefficient (Wildman–Crippen LogP) is 3.63. The number of aromatic nitrogens is 3. The number of amides is 1. The molecule has 0 atom stereocenters. The summed E-state index contributed by atoms with van der Waals surface area (Å²) in [6.45, 7) is 13.7. The fraction of sp³-hybridized carbons (Fsp3) is 0.458. The predicted molar refractivity (Wildman–Crippen MR) is 125 cm³/mol. The van der Waals surface area contributed by atoms with E-state index in [4.69, 9.17) is 0 Å². The molecule has 1 aromatic carbocycles. The fourth-order valence-electron chi connectivity index (χ4n) is 4.15. The van der Waals surface area contributed by atoms with Gasteiger partial charge in [0.1, 0.15) is 11.4 Å². The van der Waals surface area contributed by atoms with Gasteiger partial charge in [0.15, 0.2) is 5.65 Å². The van der Waals surface area contributed by atoms with Crippen molar-refractivity contribution in [3.63, 3.8) is 0 Å². The summed E-state index contributed by atoms with van der Waals surface area (Å²) >= 11 is 0. The number of aryl methyl sites for hydroxylation is 2. The highest BCUT2D eigenvalue weighted by Gasteiger charge is 2.23. The molecule has 4 rings (SSSR count). The number of nitrogens with zero attached hydrogens (tertiary/aromatic N) is 5. The van der Waals surface area contributed by atoms with Crippen molar-refractivity contribution in [2.75, 3.05) is 42.9 Å². The van der Waals surface area contributed by atoms with Crippen LogP contribution in [0.5, 0.6) is 0 Å².